The lowest BCUT2D eigenvalue weighted by molar-refractivity contribution is -0.143. The number of allylic oxidation sites excluding steroid dienone is 1. The molecular weight excluding hydrogens is 464 g/mol. The number of imidazole rings is 1. The van der Waals surface area contributed by atoms with E-state index in [2.05, 4.69) is 10.3 Å². The van der Waals surface area contributed by atoms with E-state index in [-0.39, 0.29) is 29.6 Å². The summed E-state index contributed by atoms with van der Waals surface area (Å²) in [6.45, 7) is 2.63. The van der Waals surface area contributed by atoms with Gasteiger partial charge in [0, 0.05) is 31.6 Å². The highest BCUT2D eigenvalue weighted by molar-refractivity contribution is 8.30. The molecule has 1 fully saturated rings. The van der Waals surface area contributed by atoms with Crippen molar-refractivity contribution in [3.05, 3.63) is 35.2 Å². The quantitative estimate of drug-likeness (QED) is 0.393. The average Bonchev–Trinajstić information content (AvgIpc) is 3.52. The summed E-state index contributed by atoms with van der Waals surface area (Å²) in [5, 5.41) is 6.72. The number of carbonyl (C=O) groups excluding carboxylic acids is 3. The van der Waals surface area contributed by atoms with Crippen LogP contribution < -0.4 is 5.32 Å². The van der Waals surface area contributed by atoms with Gasteiger partial charge >= 0.3 is 5.97 Å². The molecule has 1 unspecified atom stereocenters. The molecule has 2 amide bonds. The molecule has 188 valence electrons. The topological polar surface area (TPSA) is 93.5 Å². The number of rotatable bonds is 8. The number of ether oxygens (including phenoxy) is 1. The molecule has 1 aromatic heterocycles. The highest BCUT2D eigenvalue weighted by Crippen LogP contribution is 2.28. The van der Waals surface area contributed by atoms with Gasteiger partial charge in [0.1, 0.15) is 0 Å². The number of nitrogens with one attached hydrogen (secondary N) is 1. The largest absolute Gasteiger partial charge is 0.466 e. The van der Waals surface area contributed by atoms with Crippen LogP contribution in [0.2, 0.25) is 0 Å². The summed E-state index contributed by atoms with van der Waals surface area (Å²) in [6, 6.07) is 5.79. The average molecular weight is 499 g/mol. The van der Waals surface area contributed by atoms with Gasteiger partial charge in [-0.1, -0.05) is 35.8 Å². The number of aromatic nitrogens is 2. The molecule has 1 N–H and O–H groups in total. The van der Waals surface area contributed by atoms with Crippen molar-refractivity contribution in [2.24, 2.45) is 0 Å². The van der Waals surface area contributed by atoms with Gasteiger partial charge in [-0.25, -0.2) is 4.98 Å². The molecule has 9 heteroatoms. The van der Waals surface area contributed by atoms with Crippen LogP contribution in [0, 0.1) is 0 Å². The van der Waals surface area contributed by atoms with Crippen molar-refractivity contribution >= 4 is 49.9 Å². The second-order valence-electron chi connectivity index (χ2n) is 8.97. The molecule has 1 aromatic carbocycles. The zero-order chi connectivity index (χ0) is 24.8. The maximum Gasteiger partial charge on any atom is 0.305 e. The number of esters is 1. The maximum absolute atomic E-state index is 13.2. The minimum Gasteiger partial charge on any atom is -0.466 e. The summed E-state index contributed by atoms with van der Waals surface area (Å²) in [5.74, 6) is 0.182. The van der Waals surface area contributed by atoms with E-state index in [9.17, 15) is 14.4 Å². The summed E-state index contributed by atoms with van der Waals surface area (Å²) >= 11 is 0. The van der Waals surface area contributed by atoms with Crippen LogP contribution in [-0.4, -0.2) is 56.6 Å². The zero-order valence-electron chi connectivity index (χ0n) is 20.5. The molecule has 0 radical (unpaired) electrons. The molecule has 1 aliphatic carbocycles. The summed E-state index contributed by atoms with van der Waals surface area (Å²) < 4.78 is 6.95. The van der Waals surface area contributed by atoms with Crippen LogP contribution in [0.3, 0.4) is 0 Å². The summed E-state index contributed by atoms with van der Waals surface area (Å²) in [7, 11) is 1.30. The summed E-state index contributed by atoms with van der Waals surface area (Å²) in [4.78, 5) is 44.3. The van der Waals surface area contributed by atoms with Gasteiger partial charge in [0.15, 0.2) is 0 Å². The van der Waals surface area contributed by atoms with Gasteiger partial charge in [0.25, 0.3) is 11.1 Å². The number of hydrogen-bond donors (Lipinski definition) is 1. The first-order chi connectivity index (χ1) is 17.0. The van der Waals surface area contributed by atoms with E-state index >= 15 is 0 Å². The van der Waals surface area contributed by atoms with E-state index in [0.717, 1.165) is 37.6 Å². The Kier molecular flexibility index (Phi) is 8.38. The Hall–Kier alpha value is -2.94. The third-order valence-electron chi connectivity index (χ3n) is 6.59. The summed E-state index contributed by atoms with van der Waals surface area (Å²) in [6.07, 6.45) is 9.25. The van der Waals surface area contributed by atoms with Gasteiger partial charge in [-0.15, -0.1) is 0 Å². The number of hydrogen-bond acceptors (Lipinski definition) is 5. The third kappa shape index (κ3) is 6.01. The fourth-order valence-electron chi connectivity index (χ4n) is 4.70. The molecular formula is C26H34N4O4S. The number of benzene rings is 1. The molecule has 2 aliphatic rings. The van der Waals surface area contributed by atoms with Crippen LogP contribution in [0.4, 0.5) is 10.7 Å². The van der Waals surface area contributed by atoms with E-state index in [1.165, 1.54) is 6.42 Å². The van der Waals surface area contributed by atoms with Crippen LogP contribution in [0.1, 0.15) is 68.6 Å². The van der Waals surface area contributed by atoms with Gasteiger partial charge in [-0.2, -0.15) is 0 Å². The number of amides is 2. The number of fused-ring (bicyclic) bond motifs is 1. The Morgan fingerprint density at radius 1 is 1.23 bits per heavy atom. The predicted molar refractivity (Wildman–Crippen MR) is 141 cm³/mol. The monoisotopic (exact) mass is 498 g/mol. The van der Waals surface area contributed by atoms with Crippen LogP contribution >= 0.6 is 10.5 Å². The number of carbonyl (C=O) groups is 3. The lowest BCUT2D eigenvalue weighted by atomic mass is 9.94. The van der Waals surface area contributed by atoms with Crippen LogP contribution in [0.25, 0.3) is 11.0 Å². The van der Waals surface area contributed by atoms with Gasteiger partial charge < -0.3 is 14.2 Å². The lowest BCUT2D eigenvalue weighted by Gasteiger charge is -2.31. The van der Waals surface area contributed by atoms with Crippen molar-refractivity contribution in [1.29, 1.82) is 0 Å². The standard InChI is InChI=1S/C26H34N4O4S/c1-3-34-23(31)12-9-15-30-22-14-13-19(24(32)29(2)20-10-5-4-6-11-20)18-21(22)27-25(30)28-26(33)35-16-7-8-17-35/h7,13-14,16-18,20H,3-6,8-12,15H2,1-2H3,(H,27,28,33). The van der Waals surface area contributed by atoms with Crippen LogP contribution in [0.5, 0.6) is 0 Å². The van der Waals surface area contributed by atoms with E-state index < -0.39 is 10.5 Å². The molecule has 1 aliphatic heterocycles. The fraction of sp³-hybridized carbons (Fsp3) is 0.500. The molecule has 2 heterocycles. The second-order valence-corrected chi connectivity index (χ2v) is 10.7. The van der Waals surface area contributed by atoms with Crippen molar-refractivity contribution in [2.75, 3.05) is 19.0 Å². The minimum atomic E-state index is -0.583. The number of nitrogens with zero attached hydrogens (tertiary/aromatic N) is 3. The molecule has 0 bridgehead atoms. The summed E-state index contributed by atoms with van der Waals surface area (Å²) in [5.41, 5.74) is 2.05. The first kappa shape index (κ1) is 25.2. The molecule has 2 aromatic rings. The Balaban J connectivity index is 1.58. The Labute approximate surface area is 208 Å². The Bertz CT molecular complexity index is 1160. The van der Waals surface area contributed by atoms with E-state index in [1.807, 2.05) is 45.5 Å². The minimum absolute atomic E-state index is 0.00609. The van der Waals surface area contributed by atoms with Crippen LogP contribution in [-0.2, 0) is 16.1 Å². The van der Waals surface area contributed by atoms with Crippen molar-refractivity contribution in [3.63, 3.8) is 0 Å². The zero-order valence-corrected chi connectivity index (χ0v) is 21.3. The van der Waals surface area contributed by atoms with Crippen LogP contribution in [0.15, 0.2) is 29.7 Å². The maximum atomic E-state index is 13.2. The Morgan fingerprint density at radius 2 is 2.03 bits per heavy atom. The van der Waals surface area contributed by atoms with Crippen molar-refractivity contribution < 1.29 is 19.1 Å². The smallest absolute Gasteiger partial charge is 0.305 e. The Morgan fingerprint density at radius 3 is 2.74 bits per heavy atom. The molecule has 0 spiro atoms. The molecule has 4 rings (SSSR count). The first-order valence-corrected chi connectivity index (χ1v) is 13.8. The van der Waals surface area contributed by atoms with Gasteiger partial charge in [-0.05, 0) is 61.6 Å². The lowest BCUT2D eigenvalue weighted by Crippen LogP contribution is -2.38. The molecule has 1 saturated carbocycles. The van der Waals surface area contributed by atoms with Crippen molar-refractivity contribution in [1.82, 2.24) is 14.5 Å². The number of aryl methyl sites for hydroxylation is 1. The molecule has 0 saturated heterocycles. The predicted octanol–water partition coefficient (Wildman–Crippen LogP) is 5.30. The highest BCUT2D eigenvalue weighted by atomic mass is 32.2. The van der Waals surface area contributed by atoms with Gasteiger partial charge in [0.05, 0.1) is 17.6 Å². The first-order valence-electron chi connectivity index (χ1n) is 12.4. The fourth-order valence-corrected chi connectivity index (χ4v) is 5.93. The second kappa shape index (κ2) is 11.7. The van der Waals surface area contributed by atoms with E-state index in [1.54, 1.807) is 13.0 Å². The molecule has 35 heavy (non-hydrogen) atoms. The molecule has 8 nitrogen and oxygen atoms in total. The SMILES string of the molecule is CCOC(=O)CCCn1c(NC(=O)S2=CCC=C2)nc2cc(C(=O)N(C)C3CCCCC3)ccc21. The van der Waals surface area contributed by atoms with Gasteiger partial charge in [0.2, 0.25) is 5.95 Å². The third-order valence-corrected chi connectivity index (χ3v) is 8.16. The van der Waals surface area contributed by atoms with Crippen molar-refractivity contribution in [3.8, 4) is 0 Å². The molecule has 1 atom stereocenters. The van der Waals surface area contributed by atoms with E-state index in [4.69, 9.17) is 4.74 Å². The highest BCUT2D eigenvalue weighted by Gasteiger charge is 2.24. The normalized spacial score (nSPS) is 17.8. The van der Waals surface area contributed by atoms with E-state index in [0.29, 0.717) is 36.6 Å². The van der Waals surface area contributed by atoms with Gasteiger partial charge in [-0.3, -0.25) is 19.7 Å². The number of anilines is 1. The van der Waals surface area contributed by atoms with Crippen molar-refractivity contribution in [2.45, 2.75) is 70.9 Å².